The van der Waals surface area contributed by atoms with E-state index >= 15 is 0 Å². The van der Waals surface area contributed by atoms with E-state index in [4.69, 9.17) is 0 Å². The second kappa shape index (κ2) is 4.35. The fourth-order valence-electron chi connectivity index (χ4n) is 2.36. The summed E-state index contributed by atoms with van der Waals surface area (Å²) >= 11 is 0. The molecule has 0 saturated heterocycles. The summed E-state index contributed by atoms with van der Waals surface area (Å²) in [6, 6.07) is 5.50. The van der Waals surface area contributed by atoms with Gasteiger partial charge in [-0.25, -0.2) is 4.98 Å². The molecule has 2 aromatic heterocycles. The molecule has 1 aliphatic heterocycles. The Bertz CT molecular complexity index is 641. The van der Waals surface area contributed by atoms with Gasteiger partial charge in [0.2, 0.25) is 0 Å². The first-order chi connectivity index (χ1) is 9.24. The van der Waals surface area contributed by atoms with Crippen LogP contribution in [0.5, 0.6) is 0 Å². The van der Waals surface area contributed by atoms with Crippen molar-refractivity contribution in [3.8, 4) is 0 Å². The molecule has 1 aliphatic rings. The molecule has 0 aliphatic carbocycles. The summed E-state index contributed by atoms with van der Waals surface area (Å²) in [5.41, 5.74) is 2.27. The number of pyridine rings is 2. The zero-order valence-electron chi connectivity index (χ0n) is 10.9. The van der Waals surface area contributed by atoms with E-state index in [1.807, 2.05) is 24.0 Å². The first kappa shape index (κ1) is 11.6. The van der Waals surface area contributed by atoms with Gasteiger partial charge < -0.3 is 9.80 Å². The molecule has 0 radical (unpaired) electrons. The van der Waals surface area contributed by atoms with Gasteiger partial charge in [-0.3, -0.25) is 9.78 Å². The SMILES string of the molecule is CCN1c2cnccc2C(=O)N(C)c2cccnc21. The Balaban J connectivity index is 2.31. The fraction of sp³-hybridized carbons (Fsp3) is 0.214. The Morgan fingerprint density at radius 2 is 2.05 bits per heavy atom. The van der Waals surface area contributed by atoms with Crippen LogP contribution in [0.2, 0.25) is 0 Å². The smallest absolute Gasteiger partial charge is 0.260 e. The lowest BCUT2D eigenvalue weighted by Gasteiger charge is -2.23. The molecule has 3 rings (SSSR count). The zero-order valence-corrected chi connectivity index (χ0v) is 10.9. The van der Waals surface area contributed by atoms with Crippen LogP contribution in [0.4, 0.5) is 17.2 Å². The van der Waals surface area contributed by atoms with Gasteiger partial charge in [0.05, 0.1) is 23.1 Å². The van der Waals surface area contributed by atoms with Gasteiger partial charge in [-0.15, -0.1) is 0 Å². The fourth-order valence-corrected chi connectivity index (χ4v) is 2.36. The van der Waals surface area contributed by atoms with Crippen LogP contribution in [-0.2, 0) is 0 Å². The van der Waals surface area contributed by atoms with Crippen LogP contribution in [0.15, 0.2) is 36.8 Å². The lowest BCUT2D eigenvalue weighted by atomic mass is 10.2. The summed E-state index contributed by atoms with van der Waals surface area (Å²) in [5.74, 6) is 0.746. The molecule has 5 heteroatoms. The lowest BCUT2D eigenvalue weighted by molar-refractivity contribution is 0.0994. The molecule has 0 fully saturated rings. The van der Waals surface area contributed by atoms with Crippen LogP contribution < -0.4 is 9.80 Å². The molecule has 0 saturated carbocycles. The predicted molar refractivity (Wildman–Crippen MR) is 73.9 cm³/mol. The van der Waals surface area contributed by atoms with Gasteiger partial charge in [0.1, 0.15) is 0 Å². The molecule has 0 spiro atoms. The average Bonchev–Trinajstić information content (AvgIpc) is 2.55. The minimum Gasteiger partial charge on any atom is -0.323 e. The van der Waals surface area contributed by atoms with Crippen LogP contribution >= 0.6 is 0 Å². The number of amides is 1. The molecule has 0 unspecified atom stereocenters. The number of hydrogen-bond donors (Lipinski definition) is 0. The monoisotopic (exact) mass is 254 g/mol. The Morgan fingerprint density at radius 3 is 2.84 bits per heavy atom. The summed E-state index contributed by atoms with van der Waals surface area (Å²) in [6.07, 6.45) is 5.09. The highest BCUT2D eigenvalue weighted by atomic mass is 16.2. The van der Waals surface area contributed by atoms with E-state index in [0.717, 1.165) is 23.7 Å². The third-order valence-electron chi connectivity index (χ3n) is 3.33. The summed E-state index contributed by atoms with van der Waals surface area (Å²) in [5, 5.41) is 0. The highest BCUT2D eigenvalue weighted by molar-refractivity contribution is 6.13. The first-order valence-corrected chi connectivity index (χ1v) is 6.18. The highest BCUT2D eigenvalue weighted by Crippen LogP contribution is 2.37. The second-order valence-electron chi connectivity index (χ2n) is 4.35. The number of fused-ring (bicyclic) bond motifs is 2. The largest absolute Gasteiger partial charge is 0.323 e. The molecule has 96 valence electrons. The topological polar surface area (TPSA) is 49.3 Å². The van der Waals surface area contributed by atoms with Crippen molar-refractivity contribution in [2.75, 3.05) is 23.4 Å². The molecule has 2 aromatic rings. The molecule has 0 N–H and O–H groups in total. The number of carbonyl (C=O) groups excluding carboxylic acids is 1. The highest BCUT2D eigenvalue weighted by Gasteiger charge is 2.28. The van der Waals surface area contributed by atoms with E-state index in [0.29, 0.717) is 5.56 Å². The number of aromatic nitrogens is 2. The minimum atomic E-state index is -0.0393. The third-order valence-corrected chi connectivity index (χ3v) is 3.33. The molecule has 0 aromatic carbocycles. The third kappa shape index (κ3) is 1.66. The maximum atomic E-state index is 12.5. The number of carbonyl (C=O) groups is 1. The average molecular weight is 254 g/mol. The normalized spacial score (nSPS) is 13.9. The van der Waals surface area contributed by atoms with E-state index in [1.165, 1.54) is 0 Å². The van der Waals surface area contributed by atoms with Crippen molar-refractivity contribution in [3.63, 3.8) is 0 Å². The Kier molecular flexibility index (Phi) is 2.67. The van der Waals surface area contributed by atoms with Crippen LogP contribution in [0.25, 0.3) is 0 Å². The van der Waals surface area contributed by atoms with Crippen molar-refractivity contribution in [2.24, 2.45) is 0 Å². The maximum absolute atomic E-state index is 12.5. The quantitative estimate of drug-likeness (QED) is 0.783. The summed E-state index contributed by atoms with van der Waals surface area (Å²) in [6.45, 7) is 2.76. The number of nitrogens with zero attached hydrogens (tertiary/aromatic N) is 4. The summed E-state index contributed by atoms with van der Waals surface area (Å²) in [4.78, 5) is 24.7. The molecular formula is C14H14N4O. The van der Waals surface area contributed by atoms with Gasteiger partial charge in [0, 0.05) is 26.0 Å². The van der Waals surface area contributed by atoms with E-state index in [2.05, 4.69) is 9.97 Å². The molecule has 19 heavy (non-hydrogen) atoms. The Labute approximate surface area is 111 Å². The van der Waals surface area contributed by atoms with Gasteiger partial charge in [0.15, 0.2) is 5.82 Å². The molecule has 5 nitrogen and oxygen atoms in total. The molecule has 3 heterocycles. The second-order valence-corrected chi connectivity index (χ2v) is 4.35. The summed E-state index contributed by atoms with van der Waals surface area (Å²) < 4.78 is 0. The Morgan fingerprint density at radius 1 is 1.21 bits per heavy atom. The molecule has 0 bridgehead atoms. The van der Waals surface area contributed by atoms with Crippen molar-refractivity contribution in [3.05, 3.63) is 42.4 Å². The predicted octanol–water partition coefficient (Wildman–Crippen LogP) is 2.22. The number of hydrogen-bond acceptors (Lipinski definition) is 4. The first-order valence-electron chi connectivity index (χ1n) is 6.18. The van der Waals surface area contributed by atoms with E-state index in [9.17, 15) is 4.79 Å². The van der Waals surface area contributed by atoms with Crippen LogP contribution in [0.3, 0.4) is 0 Å². The standard InChI is InChI=1S/C14H14N4O/c1-3-18-12-9-15-8-6-10(12)14(19)17(2)11-5-4-7-16-13(11)18/h4-9H,3H2,1-2H3. The lowest BCUT2D eigenvalue weighted by Crippen LogP contribution is -2.25. The van der Waals surface area contributed by atoms with Gasteiger partial charge in [-0.1, -0.05) is 0 Å². The van der Waals surface area contributed by atoms with Gasteiger partial charge in [-0.2, -0.15) is 0 Å². The van der Waals surface area contributed by atoms with Crippen molar-refractivity contribution in [2.45, 2.75) is 6.92 Å². The van der Waals surface area contributed by atoms with Crippen molar-refractivity contribution < 1.29 is 4.79 Å². The number of rotatable bonds is 1. The van der Waals surface area contributed by atoms with Crippen LogP contribution in [-0.4, -0.2) is 29.5 Å². The van der Waals surface area contributed by atoms with E-state index in [1.54, 1.807) is 36.6 Å². The van der Waals surface area contributed by atoms with E-state index < -0.39 is 0 Å². The van der Waals surface area contributed by atoms with Gasteiger partial charge in [-0.05, 0) is 25.1 Å². The molecular weight excluding hydrogens is 240 g/mol. The van der Waals surface area contributed by atoms with Crippen molar-refractivity contribution in [1.82, 2.24) is 9.97 Å². The van der Waals surface area contributed by atoms with Gasteiger partial charge in [0.25, 0.3) is 5.91 Å². The zero-order chi connectivity index (χ0) is 13.4. The molecule has 0 atom stereocenters. The van der Waals surface area contributed by atoms with Crippen LogP contribution in [0.1, 0.15) is 17.3 Å². The van der Waals surface area contributed by atoms with Crippen molar-refractivity contribution >= 4 is 23.1 Å². The molecule has 1 amide bonds. The van der Waals surface area contributed by atoms with Crippen LogP contribution in [0, 0.1) is 0 Å². The minimum absolute atomic E-state index is 0.0393. The number of anilines is 3. The van der Waals surface area contributed by atoms with Crippen molar-refractivity contribution in [1.29, 1.82) is 0 Å². The summed E-state index contributed by atoms with van der Waals surface area (Å²) in [7, 11) is 1.77. The van der Waals surface area contributed by atoms with Gasteiger partial charge >= 0.3 is 0 Å². The van der Waals surface area contributed by atoms with E-state index in [-0.39, 0.29) is 5.91 Å². The Hall–Kier alpha value is -2.43. The maximum Gasteiger partial charge on any atom is 0.260 e.